The minimum absolute atomic E-state index is 0.0296. The van der Waals surface area contributed by atoms with Gasteiger partial charge in [-0.1, -0.05) is 49.8 Å². The van der Waals surface area contributed by atoms with E-state index in [1.165, 1.54) is 5.57 Å². The first-order chi connectivity index (χ1) is 19.0. The van der Waals surface area contributed by atoms with Gasteiger partial charge >= 0.3 is 5.97 Å². The number of carbonyl (C=O) groups excluding carboxylic acids is 4. The Balaban J connectivity index is 1.15. The number of amides is 1. The molecule has 3 fully saturated rings. The highest BCUT2D eigenvalue weighted by atomic mass is 16.5. The van der Waals surface area contributed by atoms with Crippen molar-refractivity contribution in [2.45, 2.75) is 96.6 Å². The summed E-state index contributed by atoms with van der Waals surface area (Å²) in [7, 11) is 0. The average Bonchev–Trinajstić information content (AvgIpc) is 3.22. The number of ether oxygens (including phenoxy) is 1. The number of carbonyl (C=O) groups is 4. The minimum Gasteiger partial charge on any atom is -0.458 e. The van der Waals surface area contributed by atoms with Gasteiger partial charge < -0.3 is 15.2 Å². The highest BCUT2D eigenvalue weighted by Gasteiger charge is 2.66. The molecule has 0 saturated heterocycles. The van der Waals surface area contributed by atoms with Crippen molar-refractivity contribution in [3.63, 3.8) is 0 Å². The van der Waals surface area contributed by atoms with Crippen molar-refractivity contribution in [2.24, 2.45) is 28.6 Å². The molecule has 7 heteroatoms. The van der Waals surface area contributed by atoms with Crippen LogP contribution in [0.5, 0.6) is 0 Å². The van der Waals surface area contributed by atoms with Crippen LogP contribution in [-0.2, 0) is 23.9 Å². The molecule has 0 heterocycles. The van der Waals surface area contributed by atoms with E-state index in [4.69, 9.17) is 4.74 Å². The van der Waals surface area contributed by atoms with Crippen molar-refractivity contribution in [3.05, 3.63) is 47.5 Å². The summed E-state index contributed by atoms with van der Waals surface area (Å²) in [5, 5.41) is 14.7. The van der Waals surface area contributed by atoms with E-state index < -0.39 is 29.4 Å². The van der Waals surface area contributed by atoms with Crippen molar-refractivity contribution < 1.29 is 29.0 Å². The van der Waals surface area contributed by atoms with Crippen LogP contribution < -0.4 is 5.32 Å². The van der Waals surface area contributed by atoms with Crippen LogP contribution in [-0.4, -0.2) is 40.8 Å². The predicted octanol–water partition coefficient (Wildman–Crippen LogP) is 5.02. The zero-order valence-electron chi connectivity index (χ0n) is 24.0. The third-order valence-electron chi connectivity index (χ3n) is 11.2. The van der Waals surface area contributed by atoms with Gasteiger partial charge in [0.15, 0.2) is 12.4 Å². The normalized spacial score (nSPS) is 35.5. The van der Waals surface area contributed by atoms with Crippen LogP contribution in [0.2, 0.25) is 0 Å². The lowest BCUT2D eigenvalue weighted by Gasteiger charge is -2.58. The van der Waals surface area contributed by atoms with Crippen molar-refractivity contribution in [3.8, 4) is 0 Å². The summed E-state index contributed by atoms with van der Waals surface area (Å²) >= 11 is 0. The lowest BCUT2D eigenvalue weighted by atomic mass is 9.46. The molecule has 0 unspecified atom stereocenters. The van der Waals surface area contributed by atoms with Gasteiger partial charge in [-0.15, -0.1) is 0 Å². The van der Waals surface area contributed by atoms with E-state index in [0.717, 1.165) is 44.1 Å². The average molecular weight is 550 g/mol. The molecule has 2 N–H and O–H groups in total. The van der Waals surface area contributed by atoms with Gasteiger partial charge in [-0.25, -0.2) is 0 Å². The van der Waals surface area contributed by atoms with E-state index >= 15 is 0 Å². The molecular weight excluding hydrogens is 506 g/mol. The molecule has 4 aliphatic carbocycles. The summed E-state index contributed by atoms with van der Waals surface area (Å²) in [6.07, 6.45) is 7.96. The second-order valence-electron chi connectivity index (χ2n) is 13.1. The maximum atomic E-state index is 13.4. The Morgan fingerprint density at radius 2 is 1.73 bits per heavy atom. The van der Waals surface area contributed by atoms with E-state index in [9.17, 15) is 24.3 Å². The largest absolute Gasteiger partial charge is 0.458 e. The van der Waals surface area contributed by atoms with Crippen molar-refractivity contribution >= 4 is 23.4 Å². The first-order valence-corrected chi connectivity index (χ1v) is 15.0. The van der Waals surface area contributed by atoms with Crippen LogP contribution in [0.3, 0.4) is 0 Å². The SMILES string of the molecule is C[C@H](NC(=O)CCC(=O)OCC(=O)[C@@]1(O)CC[C@H]2[C@@H]3CCC4=CC(=O)CC[C@]4(C)[C@H]3CC[C@@]21C)c1ccccc1. The molecule has 0 spiro atoms. The second-order valence-corrected chi connectivity index (χ2v) is 13.1. The molecule has 1 aromatic rings. The van der Waals surface area contributed by atoms with E-state index in [2.05, 4.69) is 19.2 Å². The molecule has 4 aliphatic rings. The Morgan fingerprint density at radius 1 is 1.00 bits per heavy atom. The Kier molecular flexibility index (Phi) is 7.81. The number of nitrogens with one attached hydrogen (secondary N) is 1. The molecule has 40 heavy (non-hydrogen) atoms. The number of aliphatic hydroxyl groups is 1. The van der Waals surface area contributed by atoms with Crippen molar-refractivity contribution in [2.75, 3.05) is 6.61 Å². The standard InChI is InChI=1S/C33H43NO6/c1-21(22-7-5-4-6-8-22)34-29(37)11-12-30(38)40-20-28(36)33(39)18-15-27-25-10-9-23-19-24(35)13-16-31(23,2)26(25)14-17-32(27,33)3/h4-8,19,21,25-27,39H,9-18,20H2,1-3H3,(H,34,37)/t21-,25+,26-,27-,31-,32-,33-/m0/s1. The fraction of sp³-hybridized carbons (Fsp3) is 0.636. The smallest absolute Gasteiger partial charge is 0.306 e. The Labute approximate surface area is 237 Å². The van der Waals surface area contributed by atoms with Crippen LogP contribution in [0.4, 0.5) is 0 Å². The molecule has 0 bridgehead atoms. The first kappa shape index (κ1) is 28.7. The number of esters is 1. The van der Waals surface area contributed by atoms with E-state index in [1.807, 2.05) is 43.3 Å². The summed E-state index contributed by atoms with van der Waals surface area (Å²) in [5.74, 6) is 0.0285. The van der Waals surface area contributed by atoms with E-state index in [-0.39, 0.29) is 41.9 Å². The fourth-order valence-electron chi connectivity index (χ4n) is 8.73. The minimum atomic E-state index is -1.52. The van der Waals surface area contributed by atoms with Crippen LogP contribution in [0.25, 0.3) is 0 Å². The van der Waals surface area contributed by atoms with Gasteiger partial charge in [0.2, 0.25) is 11.7 Å². The second kappa shape index (κ2) is 10.9. The molecular formula is C33H43NO6. The number of allylic oxidation sites excluding steroid dienone is 1. The Hall–Kier alpha value is -2.80. The molecule has 3 saturated carbocycles. The van der Waals surface area contributed by atoms with Gasteiger partial charge in [-0.2, -0.15) is 0 Å². The van der Waals surface area contributed by atoms with Crippen molar-refractivity contribution in [1.82, 2.24) is 5.32 Å². The number of rotatable bonds is 8. The number of fused-ring (bicyclic) bond motifs is 5. The van der Waals surface area contributed by atoms with Gasteiger partial charge in [0, 0.05) is 18.3 Å². The zero-order chi connectivity index (χ0) is 28.7. The predicted molar refractivity (Wildman–Crippen MR) is 150 cm³/mol. The van der Waals surface area contributed by atoms with Crippen LogP contribution in [0.1, 0.15) is 96.6 Å². The van der Waals surface area contributed by atoms with Gasteiger partial charge in [0.25, 0.3) is 0 Å². The van der Waals surface area contributed by atoms with Gasteiger partial charge in [0.1, 0.15) is 5.60 Å². The number of benzene rings is 1. The highest BCUT2D eigenvalue weighted by molar-refractivity contribution is 5.92. The highest BCUT2D eigenvalue weighted by Crippen LogP contribution is 2.67. The number of Topliss-reactive ketones (excluding diaryl/α,β-unsaturated/α-hetero) is 1. The maximum absolute atomic E-state index is 13.4. The van der Waals surface area contributed by atoms with Gasteiger partial charge in [-0.05, 0) is 86.7 Å². The lowest BCUT2D eigenvalue weighted by molar-refractivity contribution is -0.170. The first-order valence-electron chi connectivity index (χ1n) is 15.0. The zero-order valence-corrected chi connectivity index (χ0v) is 24.0. The molecule has 1 amide bonds. The van der Waals surface area contributed by atoms with E-state index in [1.54, 1.807) is 0 Å². The quantitative estimate of drug-likeness (QED) is 0.441. The van der Waals surface area contributed by atoms with Gasteiger partial charge in [0.05, 0.1) is 12.5 Å². The molecule has 0 aromatic heterocycles. The molecule has 0 aliphatic heterocycles. The van der Waals surface area contributed by atoms with Crippen LogP contribution in [0.15, 0.2) is 42.0 Å². The number of hydrogen-bond donors (Lipinski definition) is 2. The Morgan fingerprint density at radius 3 is 2.48 bits per heavy atom. The summed E-state index contributed by atoms with van der Waals surface area (Å²) in [5.41, 5.74) is 0.220. The monoisotopic (exact) mass is 549 g/mol. The van der Waals surface area contributed by atoms with Crippen molar-refractivity contribution in [1.29, 1.82) is 0 Å². The Bertz CT molecular complexity index is 1210. The summed E-state index contributed by atoms with van der Waals surface area (Å²) in [4.78, 5) is 50.2. The summed E-state index contributed by atoms with van der Waals surface area (Å²) in [6, 6.07) is 9.39. The van der Waals surface area contributed by atoms with Gasteiger partial charge in [-0.3, -0.25) is 19.2 Å². The molecule has 5 rings (SSSR count). The third-order valence-corrected chi connectivity index (χ3v) is 11.2. The lowest BCUT2D eigenvalue weighted by Crippen LogP contribution is -2.58. The molecule has 0 radical (unpaired) electrons. The van der Waals surface area contributed by atoms with Crippen LogP contribution in [0, 0.1) is 28.6 Å². The third kappa shape index (κ3) is 4.95. The topological polar surface area (TPSA) is 110 Å². The molecule has 216 valence electrons. The van der Waals surface area contributed by atoms with Crippen LogP contribution >= 0.6 is 0 Å². The summed E-state index contributed by atoms with van der Waals surface area (Å²) in [6.45, 7) is 5.78. The number of hydrogen-bond acceptors (Lipinski definition) is 6. The fourth-order valence-corrected chi connectivity index (χ4v) is 8.73. The molecule has 1 aromatic carbocycles. The maximum Gasteiger partial charge on any atom is 0.306 e. The van der Waals surface area contributed by atoms with E-state index in [0.29, 0.717) is 24.7 Å². The molecule has 7 atom stereocenters. The number of ketones is 2. The molecule has 7 nitrogen and oxygen atoms in total. The summed E-state index contributed by atoms with van der Waals surface area (Å²) < 4.78 is 5.28.